The Morgan fingerprint density at radius 2 is 1.71 bits per heavy atom. The molecule has 0 unspecified atom stereocenters. The van der Waals surface area contributed by atoms with Crippen LogP contribution in [0.5, 0.6) is 0 Å². The van der Waals surface area contributed by atoms with Crippen LogP contribution in [0.3, 0.4) is 0 Å². The summed E-state index contributed by atoms with van der Waals surface area (Å²) in [6.45, 7) is 0.670. The van der Waals surface area contributed by atoms with Crippen molar-refractivity contribution in [2.45, 2.75) is 18.8 Å². The largest absolute Gasteiger partial charge is 0.416 e. The van der Waals surface area contributed by atoms with E-state index >= 15 is 0 Å². The fraction of sp³-hybridized carbons (Fsp3) is 0.238. The molecule has 0 aliphatic carbocycles. The van der Waals surface area contributed by atoms with Crippen molar-refractivity contribution in [3.8, 4) is 11.3 Å². The summed E-state index contributed by atoms with van der Waals surface area (Å²) in [6.07, 6.45) is -5.37. The summed E-state index contributed by atoms with van der Waals surface area (Å²) >= 11 is 0. The van der Waals surface area contributed by atoms with E-state index in [4.69, 9.17) is 0 Å². The molecule has 2 aromatic heterocycles. The highest BCUT2D eigenvalue weighted by Crippen LogP contribution is 2.39. The summed E-state index contributed by atoms with van der Waals surface area (Å²) in [6, 6.07) is 3.37. The Balaban J connectivity index is 1.77. The molecule has 7 nitrogen and oxygen atoms in total. The van der Waals surface area contributed by atoms with Crippen LogP contribution < -0.4 is 15.5 Å². The van der Waals surface area contributed by atoms with Crippen LogP contribution in [0.4, 0.5) is 48.5 Å². The number of urea groups is 1. The first-order valence-corrected chi connectivity index (χ1v) is 9.92. The second-order valence-electron chi connectivity index (χ2n) is 7.31. The molecule has 0 spiro atoms. The summed E-state index contributed by atoms with van der Waals surface area (Å²) < 4.78 is 79.7. The SMILES string of the molecule is O=C(Nc1cnccn1)N1CCCNc2ccc(-c3cc(C(F)(F)F)cc(C(F)(F)F)c3)nc21. The first-order chi connectivity index (χ1) is 16.0. The summed E-state index contributed by atoms with van der Waals surface area (Å²) in [5, 5.41) is 5.60. The highest BCUT2D eigenvalue weighted by atomic mass is 19.4. The van der Waals surface area contributed by atoms with Crippen molar-refractivity contribution < 1.29 is 31.1 Å². The van der Waals surface area contributed by atoms with E-state index in [-0.39, 0.29) is 35.5 Å². The van der Waals surface area contributed by atoms with Gasteiger partial charge in [-0.25, -0.2) is 14.8 Å². The molecule has 0 fully saturated rings. The van der Waals surface area contributed by atoms with Crippen LogP contribution in [-0.2, 0) is 12.4 Å². The lowest BCUT2D eigenvalue weighted by Crippen LogP contribution is -2.36. The molecular formula is C21H16F6N6O. The van der Waals surface area contributed by atoms with Crippen molar-refractivity contribution in [2.24, 2.45) is 0 Å². The van der Waals surface area contributed by atoms with Crippen molar-refractivity contribution in [1.29, 1.82) is 0 Å². The van der Waals surface area contributed by atoms with Gasteiger partial charge in [-0.05, 0) is 36.8 Å². The molecule has 34 heavy (non-hydrogen) atoms. The molecule has 0 atom stereocenters. The van der Waals surface area contributed by atoms with Crippen LogP contribution >= 0.6 is 0 Å². The van der Waals surface area contributed by atoms with E-state index in [0.717, 1.165) is 0 Å². The molecule has 0 bridgehead atoms. The number of nitrogens with one attached hydrogen (secondary N) is 2. The quantitative estimate of drug-likeness (QED) is 0.476. The van der Waals surface area contributed by atoms with Gasteiger partial charge in [-0.15, -0.1) is 0 Å². The lowest BCUT2D eigenvalue weighted by atomic mass is 10.0. The van der Waals surface area contributed by atoms with Crippen molar-refractivity contribution in [1.82, 2.24) is 15.0 Å². The van der Waals surface area contributed by atoms with Crippen LogP contribution in [-0.4, -0.2) is 34.1 Å². The smallest absolute Gasteiger partial charge is 0.382 e. The van der Waals surface area contributed by atoms with Crippen molar-refractivity contribution in [2.75, 3.05) is 28.6 Å². The van der Waals surface area contributed by atoms with Gasteiger partial charge < -0.3 is 5.32 Å². The van der Waals surface area contributed by atoms with Gasteiger partial charge in [0.05, 0.1) is 28.7 Å². The zero-order chi connectivity index (χ0) is 24.5. The monoisotopic (exact) mass is 482 g/mol. The van der Waals surface area contributed by atoms with Gasteiger partial charge in [0.25, 0.3) is 0 Å². The molecule has 3 heterocycles. The Hall–Kier alpha value is -3.90. The molecule has 0 radical (unpaired) electrons. The predicted octanol–water partition coefficient (Wildman–Crippen LogP) is 5.43. The Kier molecular flexibility index (Phi) is 6.02. The van der Waals surface area contributed by atoms with E-state index in [1.54, 1.807) is 0 Å². The highest BCUT2D eigenvalue weighted by molar-refractivity contribution is 6.02. The van der Waals surface area contributed by atoms with Gasteiger partial charge in [-0.1, -0.05) is 0 Å². The van der Waals surface area contributed by atoms with Gasteiger partial charge >= 0.3 is 18.4 Å². The van der Waals surface area contributed by atoms with Gasteiger partial charge in [-0.2, -0.15) is 26.3 Å². The van der Waals surface area contributed by atoms with Crippen LogP contribution in [0.2, 0.25) is 0 Å². The molecule has 178 valence electrons. The Labute approximate surface area is 188 Å². The predicted molar refractivity (Wildman–Crippen MR) is 111 cm³/mol. The average molecular weight is 482 g/mol. The molecule has 0 saturated carbocycles. The number of benzene rings is 1. The number of anilines is 3. The minimum Gasteiger partial charge on any atom is -0.382 e. The number of halogens is 6. The highest BCUT2D eigenvalue weighted by Gasteiger charge is 2.37. The molecule has 2 amide bonds. The zero-order valence-corrected chi connectivity index (χ0v) is 17.2. The third-order valence-corrected chi connectivity index (χ3v) is 4.93. The molecule has 13 heteroatoms. The molecule has 1 aromatic carbocycles. The van der Waals surface area contributed by atoms with E-state index in [1.165, 1.54) is 35.6 Å². The third kappa shape index (κ3) is 5.02. The van der Waals surface area contributed by atoms with Gasteiger partial charge in [-0.3, -0.25) is 15.2 Å². The molecule has 1 aliphatic rings. The number of fused-ring (bicyclic) bond motifs is 1. The molecule has 2 N–H and O–H groups in total. The normalized spacial score (nSPS) is 14.1. The summed E-state index contributed by atoms with van der Waals surface area (Å²) in [4.78, 5) is 26.2. The number of nitrogens with zero attached hydrogens (tertiary/aromatic N) is 4. The van der Waals surface area contributed by atoms with Crippen molar-refractivity contribution in [3.63, 3.8) is 0 Å². The average Bonchev–Trinajstić information content (AvgIpc) is 3.00. The number of hydrogen-bond acceptors (Lipinski definition) is 5. The molecule has 4 rings (SSSR count). The second kappa shape index (κ2) is 8.80. The third-order valence-electron chi connectivity index (χ3n) is 4.93. The fourth-order valence-electron chi connectivity index (χ4n) is 3.36. The van der Waals surface area contributed by atoms with Gasteiger partial charge in [0.2, 0.25) is 0 Å². The van der Waals surface area contributed by atoms with Crippen LogP contribution in [0.15, 0.2) is 48.9 Å². The number of carbonyl (C=O) groups excluding carboxylic acids is 1. The topological polar surface area (TPSA) is 83.0 Å². The number of rotatable bonds is 2. The van der Waals surface area contributed by atoms with Gasteiger partial charge in [0, 0.05) is 31.0 Å². The maximum atomic E-state index is 13.3. The van der Waals surface area contributed by atoms with E-state index in [9.17, 15) is 31.1 Å². The van der Waals surface area contributed by atoms with Gasteiger partial charge in [0.1, 0.15) is 0 Å². The first kappa shape index (κ1) is 23.3. The number of carbonyl (C=O) groups is 1. The fourth-order valence-corrected chi connectivity index (χ4v) is 3.36. The maximum Gasteiger partial charge on any atom is 0.416 e. The van der Waals surface area contributed by atoms with E-state index in [0.29, 0.717) is 30.8 Å². The molecule has 3 aromatic rings. The van der Waals surface area contributed by atoms with E-state index in [1.807, 2.05) is 0 Å². The Bertz CT molecular complexity index is 1170. The summed E-state index contributed by atoms with van der Waals surface area (Å²) in [5.41, 5.74) is -3.05. The molecule has 0 saturated heterocycles. The number of alkyl halides is 6. The first-order valence-electron chi connectivity index (χ1n) is 9.92. The van der Waals surface area contributed by atoms with E-state index < -0.39 is 29.5 Å². The summed E-state index contributed by atoms with van der Waals surface area (Å²) in [5.74, 6) is 0.220. The van der Waals surface area contributed by atoms with Gasteiger partial charge in [0.15, 0.2) is 11.6 Å². The summed E-state index contributed by atoms with van der Waals surface area (Å²) in [7, 11) is 0. The van der Waals surface area contributed by atoms with Crippen LogP contribution in [0.25, 0.3) is 11.3 Å². The Morgan fingerprint density at radius 1 is 1.00 bits per heavy atom. The lowest BCUT2D eigenvalue weighted by Gasteiger charge is -2.22. The number of amides is 2. The van der Waals surface area contributed by atoms with Crippen LogP contribution in [0.1, 0.15) is 17.5 Å². The maximum absolute atomic E-state index is 13.3. The number of hydrogen-bond donors (Lipinski definition) is 2. The minimum atomic E-state index is -4.99. The number of aromatic nitrogens is 3. The van der Waals surface area contributed by atoms with E-state index in [2.05, 4.69) is 25.6 Å². The standard InChI is InChI=1S/C21H16F6N6O/c22-20(23,24)13-8-12(9-14(10-13)21(25,26)27)15-2-3-16-18(31-15)33(7-1-4-29-16)19(34)32-17-11-28-5-6-30-17/h2-3,5-6,8-11,29H,1,4,7H2,(H,30,32,34). The second-order valence-corrected chi connectivity index (χ2v) is 7.31. The van der Waals surface area contributed by atoms with Crippen molar-refractivity contribution >= 4 is 23.4 Å². The van der Waals surface area contributed by atoms with Crippen molar-refractivity contribution in [3.05, 3.63) is 60.0 Å². The zero-order valence-electron chi connectivity index (χ0n) is 17.2. The van der Waals surface area contributed by atoms with Crippen LogP contribution in [0, 0.1) is 0 Å². The number of pyridine rings is 1. The minimum absolute atomic E-state index is 0.0507. The Morgan fingerprint density at radius 3 is 2.32 bits per heavy atom. The lowest BCUT2D eigenvalue weighted by molar-refractivity contribution is -0.143. The molecule has 1 aliphatic heterocycles. The molecular weight excluding hydrogens is 466 g/mol.